The molecule has 0 amide bonds. The van der Waals surface area contributed by atoms with E-state index in [0.717, 1.165) is 21.3 Å². The number of methoxy groups -OCH3 is 1. The van der Waals surface area contributed by atoms with E-state index in [2.05, 4.69) is 26.2 Å². The van der Waals surface area contributed by atoms with Gasteiger partial charge >= 0.3 is 0 Å². The van der Waals surface area contributed by atoms with Gasteiger partial charge in [-0.15, -0.1) is 0 Å². The Morgan fingerprint density at radius 2 is 2.15 bits per heavy atom. The van der Waals surface area contributed by atoms with Crippen LogP contribution in [0.5, 0.6) is 11.5 Å². The molecule has 0 saturated carbocycles. The van der Waals surface area contributed by atoms with Crippen LogP contribution in [-0.4, -0.2) is 22.3 Å². The van der Waals surface area contributed by atoms with Crippen molar-refractivity contribution in [2.24, 2.45) is 0 Å². The lowest BCUT2D eigenvalue weighted by Gasteiger charge is -2.13. The smallest absolute Gasteiger partial charge is 0.160 e. The summed E-state index contributed by atoms with van der Waals surface area (Å²) in [5, 5.41) is 22.1. The molecule has 0 saturated heterocycles. The number of aromatic hydroxyl groups is 1. The first-order valence-electron chi connectivity index (χ1n) is 5.98. The number of halogens is 1. The number of anilines is 1. The first-order valence-corrected chi connectivity index (χ1v) is 6.78. The average Bonchev–Trinajstić information content (AvgIpc) is 2.46. The molecule has 5 nitrogen and oxygen atoms in total. The zero-order valence-corrected chi connectivity index (χ0v) is 12.5. The fourth-order valence-corrected chi connectivity index (χ4v) is 2.27. The summed E-state index contributed by atoms with van der Waals surface area (Å²) in [6.45, 7) is 0.459. The lowest BCUT2D eigenvalue weighted by molar-refractivity contribution is 0.282. The summed E-state index contributed by atoms with van der Waals surface area (Å²) in [6, 6.07) is 5.10. The van der Waals surface area contributed by atoms with Crippen molar-refractivity contribution in [3.63, 3.8) is 0 Å². The predicted octanol–water partition coefficient (Wildman–Crippen LogP) is 2.66. The minimum Gasteiger partial charge on any atom is -0.504 e. The Hall–Kier alpha value is -1.79. The molecule has 0 spiro atoms. The zero-order valence-electron chi connectivity index (χ0n) is 10.9. The van der Waals surface area contributed by atoms with Crippen LogP contribution in [0.4, 0.5) is 5.69 Å². The maximum atomic E-state index is 9.66. The number of ether oxygens (including phenoxy) is 1. The fourth-order valence-electron chi connectivity index (χ4n) is 1.79. The molecule has 1 aromatic carbocycles. The van der Waals surface area contributed by atoms with Crippen molar-refractivity contribution >= 4 is 21.6 Å². The summed E-state index contributed by atoms with van der Waals surface area (Å²) in [4.78, 5) is 4.03. The molecule has 2 aromatic rings. The second-order valence-corrected chi connectivity index (χ2v) is 5.01. The van der Waals surface area contributed by atoms with Crippen molar-refractivity contribution in [1.29, 1.82) is 0 Å². The van der Waals surface area contributed by atoms with E-state index in [0.29, 0.717) is 12.3 Å². The molecule has 0 aliphatic heterocycles. The first-order chi connectivity index (χ1) is 9.65. The van der Waals surface area contributed by atoms with Gasteiger partial charge in [0.05, 0.1) is 25.6 Å². The van der Waals surface area contributed by atoms with Crippen molar-refractivity contribution in [2.75, 3.05) is 12.4 Å². The molecule has 0 aliphatic carbocycles. The molecular weight excluding hydrogens is 324 g/mol. The van der Waals surface area contributed by atoms with Crippen LogP contribution in [0.2, 0.25) is 0 Å². The van der Waals surface area contributed by atoms with Gasteiger partial charge in [0.25, 0.3) is 0 Å². The number of aliphatic hydroxyl groups is 1. The number of nitrogens with zero attached hydrogens (tertiary/aromatic N) is 1. The molecule has 0 bridgehead atoms. The van der Waals surface area contributed by atoms with Gasteiger partial charge in [-0.25, -0.2) is 0 Å². The van der Waals surface area contributed by atoms with E-state index in [1.165, 1.54) is 7.11 Å². The summed E-state index contributed by atoms with van der Waals surface area (Å²) < 4.78 is 5.86. The number of hydrogen-bond donors (Lipinski definition) is 3. The Kier molecular flexibility index (Phi) is 4.81. The van der Waals surface area contributed by atoms with Crippen molar-refractivity contribution in [3.05, 3.63) is 46.2 Å². The monoisotopic (exact) mass is 338 g/mol. The maximum Gasteiger partial charge on any atom is 0.160 e. The largest absolute Gasteiger partial charge is 0.504 e. The number of benzene rings is 1. The van der Waals surface area contributed by atoms with Gasteiger partial charge in [0.15, 0.2) is 11.5 Å². The molecule has 0 fully saturated rings. The minimum atomic E-state index is -0.0507. The maximum absolute atomic E-state index is 9.66. The second kappa shape index (κ2) is 6.58. The zero-order chi connectivity index (χ0) is 14.5. The number of aliphatic hydroxyl groups excluding tert-OH is 1. The molecule has 0 atom stereocenters. The van der Waals surface area contributed by atoms with Gasteiger partial charge in [0, 0.05) is 22.8 Å². The molecule has 106 valence electrons. The molecular formula is C14H15BrN2O3. The van der Waals surface area contributed by atoms with E-state index >= 15 is 0 Å². The van der Waals surface area contributed by atoms with Gasteiger partial charge in [-0.2, -0.15) is 0 Å². The van der Waals surface area contributed by atoms with Crippen LogP contribution < -0.4 is 10.1 Å². The normalized spacial score (nSPS) is 10.3. The topological polar surface area (TPSA) is 74.6 Å². The van der Waals surface area contributed by atoms with Gasteiger partial charge < -0.3 is 20.3 Å². The molecule has 0 aliphatic rings. The Bertz CT molecular complexity index is 605. The fraction of sp³-hybridized carbons (Fsp3) is 0.214. The van der Waals surface area contributed by atoms with Gasteiger partial charge in [-0.05, 0) is 23.8 Å². The van der Waals surface area contributed by atoms with Crippen LogP contribution in [0.3, 0.4) is 0 Å². The highest BCUT2D eigenvalue weighted by Crippen LogP contribution is 2.32. The number of hydrogen-bond acceptors (Lipinski definition) is 5. The summed E-state index contributed by atoms with van der Waals surface area (Å²) in [5.41, 5.74) is 2.48. The summed E-state index contributed by atoms with van der Waals surface area (Å²) >= 11 is 3.40. The quantitative estimate of drug-likeness (QED) is 0.781. The number of pyridine rings is 1. The lowest BCUT2D eigenvalue weighted by atomic mass is 10.2. The van der Waals surface area contributed by atoms with Crippen LogP contribution in [0, 0.1) is 0 Å². The highest BCUT2D eigenvalue weighted by atomic mass is 79.9. The van der Waals surface area contributed by atoms with E-state index in [1.807, 2.05) is 0 Å². The van der Waals surface area contributed by atoms with E-state index in [4.69, 9.17) is 4.74 Å². The number of phenols is 1. The number of rotatable bonds is 5. The number of phenolic OH excluding ortho intramolecular Hbond substituents is 1. The van der Waals surface area contributed by atoms with E-state index < -0.39 is 0 Å². The summed E-state index contributed by atoms with van der Waals surface area (Å²) in [6.07, 6.45) is 3.30. The molecule has 0 radical (unpaired) electrons. The summed E-state index contributed by atoms with van der Waals surface area (Å²) in [7, 11) is 1.51. The third-order valence-corrected chi connectivity index (χ3v) is 3.64. The van der Waals surface area contributed by atoms with Crippen molar-refractivity contribution < 1.29 is 14.9 Å². The second-order valence-electron chi connectivity index (χ2n) is 4.16. The van der Waals surface area contributed by atoms with E-state index in [9.17, 15) is 10.2 Å². The third kappa shape index (κ3) is 3.20. The van der Waals surface area contributed by atoms with Crippen LogP contribution in [-0.2, 0) is 13.2 Å². The van der Waals surface area contributed by atoms with Crippen LogP contribution in [0.1, 0.15) is 11.1 Å². The Labute approximate surface area is 125 Å². The predicted molar refractivity (Wildman–Crippen MR) is 79.8 cm³/mol. The van der Waals surface area contributed by atoms with Gasteiger partial charge in [-0.1, -0.05) is 15.9 Å². The molecule has 2 rings (SSSR count). The SMILES string of the molecule is COc1cc(CNc2cnccc2CO)c(Br)cc1O. The number of nitrogens with one attached hydrogen (secondary N) is 1. The van der Waals surface area contributed by atoms with E-state index in [1.54, 1.807) is 30.6 Å². The van der Waals surface area contributed by atoms with Gasteiger partial charge in [0.2, 0.25) is 0 Å². The summed E-state index contributed by atoms with van der Waals surface area (Å²) in [5.74, 6) is 0.499. The highest BCUT2D eigenvalue weighted by Gasteiger charge is 2.09. The van der Waals surface area contributed by atoms with Crippen molar-refractivity contribution in [1.82, 2.24) is 4.98 Å². The van der Waals surface area contributed by atoms with Crippen LogP contribution >= 0.6 is 15.9 Å². The Morgan fingerprint density at radius 3 is 2.85 bits per heavy atom. The molecule has 3 N–H and O–H groups in total. The van der Waals surface area contributed by atoms with Crippen molar-refractivity contribution in [3.8, 4) is 11.5 Å². The molecule has 20 heavy (non-hydrogen) atoms. The van der Waals surface area contributed by atoms with Gasteiger partial charge in [-0.3, -0.25) is 4.98 Å². The molecule has 1 heterocycles. The Balaban J connectivity index is 2.18. The standard InChI is InChI=1S/C14H15BrN2O3/c1-20-14-4-10(11(15)5-13(14)19)6-17-12-7-16-3-2-9(12)8-18/h2-5,7,17-19H,6,8H2,1H3. The van der Waals surface area contributed by atoms with Gasteiger partial charge in [0.1, 0.15) is 0 Å². The van der Waals surface area contributed by atoms with Crippen molar-refractivity contribution in [2.45, 2.75) is 13.2 Å². The lowest BCUT2D eigenvalue weighted by Crippen LogP contribution is -2.04. The minimum absolute atomic E-state index is 0.0507. The molecule has 6 heteroatoms. The van der Waals surface area contributed by atoms with E-state index in [-0.39, 0.29) is 12.4 Å². The third-order valence-electron chi connectivity index (χ3n) is 2.90. The number of aromatic nitrogens is 1. The highest BCUT2D eigenvalue weighted by molar-refractivity contribution is 9.10. The van der Waals surface area contributed by atoms with Crippen LogP contribution in [0.25, 0.3) is 0 Å². The first kappa shape index (κ1) is 14.6. The Morgan fingerprint density at radius 1 is 1.35 bits per heavy atom. The average molecular weight is 339 g/mol. The van der Waals surface area contributed by atoms with Crippen LogP contribution in [0.15, 0.2) is 35.1 Å². The molecule has 0 unspecified atom stereocenters. The molecule has 1 aromatic heterocycles.